The van der Waals surface area contributed by atoms with E-state index in [0.717, 1.165) is 6.07 Å². The molecule has 0 aliphatic heterocycles. The fourth-order valence-electron chi connectivity index (χ4n) is 0.867. The van der Waals surface area contributed by atoms with E-state index in [-0.39, 0.29) is 21.5 Å². The Labute approximate surface area is 81.7 Å². The fraction of sp³-hybridized carbons (Fsp3) is 0.286. The number of hydrogen-bond acceptors (Lipinski definition) is 3. The van der Waals surface area contributed by atoms with E-state index in [1.165, 1.54) is 0 Å². The third-order valence-electron chi connectivity index (χ3n) is 1.46. The Bertz CT molecular complexity index is 320. The van der Waals surface area contributed by atoms with Crippen molar-refractivity contribution in [1.82, 2.24) is 4.98 Å². The van der Waals surface area contributed by atoms with Crippen molar-refractivity contribution >= 4 is 21.7 Å². The van der Waals surface area contributed by atoms with Crippen molar-refractivity contribution in [2.24, 2.45) is 0 Å². The maximum Gasteiger partial charge on any atom is 0.265 e. The minimum absolute atomic E-state index is 0.0400. The summed E-state index contributed by atoms with van der Waals surface area (Å²) >= 11 is 2.89. The van der Waals surface area contributed by atoms with Gasteiger partial charge in [-0.05, 0) is 22.0 Å². The van der Waals surface area contributed by atoms with Gasteiger partial charge in [0.15, 0.2) is 0 Å². The number of aromatic nitrogens is 1. The SMILES string of the molecule is Nc1nc(CO)cc(C(F)F)c1Br. The molecule has 1 aromatic heterocycles. The monoisotopic (exact) mass is 252 g/mol. The Morgan fingerprint density at radius 2 is 2.23 bits per heavy atom. The highest BCUT2D eigenvalue weighted by atomic mass is 79.9. The summed E-state index contributed by atoms with van der Waals surface area (Å²) in [6, 6.07) is 1.12. The zero-order chi connectivity index (χ0) is 10.0. The third kappa shape index (κ3) is 2.13. The van der Waals surface area contributed by atoms with Crippen LogP contribution in [-0.2, 0) is 6.61 Å². The average molecular weight is 253 g/mol. The number of nitrogens with zero attached hydrogens (tertiary/aromatic N) is 1. The van der Waals surface area contributed by atoms with Gasteiger partial charge in [0.1, 0.15) is 5.82 Å². The van der Waals surface area contributed by atoms with Gasteiger partial charge in [0.2, 0.25) is 0 Å². The predicted octanol–water partition coefficient (Wildman–Crippen LogP) is 1.86. The summed E-state index contributed by atoms with van der Waals surface area (Å²) in [5.74, 6) is -0.0400. The molecule has 0 spiro atoms. The van der Waals surface area contributed by atoms with Crippen LogP contribution >= 0.6 is 15.9 Å². The van der Waals surface area contributed by atoms with Gasteiger partial charge in [0.05, 0.1) is 16.8 Å². The van der Waals surface area contributed by atoms with Crippen molar-refractivity contribution in [2.45, 2.75) is 13.0 Å². The van der Waals surface area contributed by atoms with E-state index in [2.05, 4.69) is 20.9 Å². The zero-order valence-corrected chi connectivity index (χ0v) is 8.05. The standard InChI is InChI=1S/C7H7BrF2N2O/c8-5-4(6(9)10)1-3(2-13)12-7(5)11/h1,6,13H,2H2,(H2,11,12). The van der Waals surface area contributed by atoms with Crippen molar-refractivity contribution in [3.63, 3.8) is 0 Å². The number of rotatable bonds is 2. The van der Waals surface area contributed by atoms with Crippen LogP contribution in [0.1, 0.15) is 17.7 Å². The first-order chi connectivity index (χ1) is 6.06. The number of pyridine rings is 1. The second-order valence-corrected chi connectivity index (χ2v) is 3.15. The Hall–Kier alpha value is -0.750. The molecule has 1 heterocycles. The van der Waals surface area contributed by atoms with Gasteiger partial charge in [-0.3, -0.25) is 0 Å². The summed E-state index contributed by atoms with van der Waals surface area (Å²) in [6.07, 6.45) is -2.63. The van der Waals surface area contributed by atoms with Gasteiger partial charge >= 0.3 is 0 Å². The lowest BCUT2D eigenvalue weighted by atomic mass is 10.2. The molecule has 0 fully saturated rings. The highest BCUT2D eigenvalue weighted by molar-refractivity contribution is 9.10. The maximum absolute atomic E-state index is 12.3. The molecule has 1 aromatic rings. The van der Waals surface area contributed by atoms with Crippen LogP contribution in [0.4, 0.5) is 14.6 Å². The average Bonchev–Trinajstić information content (AvgIpc) is 2.09. The van der Waals surface area contributed by atoms with Crippen LogP contribution in [0.3, 0.4) is 0 Å². The molecule has 13 heavy (non-hydrogen) atoms. The molecule has 0 aliphatic rings. The Morgan fingerprint density at radius 1 is 1.62 bits per heavy atom. The van der Waals surface area contributed by atoms with Crippen molar-refractivity contribution in [3.05, 3.63) is 21.8 Å². The van der Waals surface area contributed by atoms with Crippen LogP contribution in [0, 0.1) is 0 Å². The van der Waals surface area contributed by atoms with E-state index < -0.39 is 13.0 Å². The van der Waals surface area contributed by atoms with E-state index in [0.29, 0.717) is 0 Å². The molecule has 3 N–H and O–H groups in total. The molecule has 72 valence electrons. The van der Waals surface area contributed by atoms with E-state index in [1.54, 1.807) is 0 Å². The maximum atomic E-state index is 12.3. The van der Waals surface area contributed by atoms with Gasteiger partial charge in [-0.15, -0.1) is 0 Å². The third-order valence-corrected chi connectivity index (χ3v) is 2.33. The molecular formula is C7H7BrF2N2O. The van der Waals surface area contributed by atoms with E-state index in [4.69, 9.17) is 10.8 Å². The number of nitrogens with two attached hydrogens (primary N) is 1. The van der Waals surface area contributed by atoms with Crippen LogP contribution in [0.5, 0.6) is 0 Å². The second kappa shape index (κ2) is 3.97. The summed E-state index contributed by atoms with van der Waals surface area (Å²) in [4.78, 5) is 3.68. The lowest BCUT2D eigenvalue weighted by molar-refractivity contribution is 0.150. The van der Waals surface area contributed by atoms with E-state index in [1.807, 2.05) is 0 Å². The van der Waals surface area contributed by atoms with Gasteiger partial charge in [0, 0.05) is 5.56 Å². The molecule has 0 aliphatic carbocycles. The molecule has 0 saturated heterocycles. The first-order valence-electron chi connectivity index (χ1n) is 3.40. The number of aliphatic hydroxyl groups excluding tert-OH is 1. The molecule has 0 amide bonds. The molecule has 3 nitrogen and oxygen atoms in total. The summed E-state index contributed by atoms with van der Waals surface area (Å²) in [5, 5.41) is 8.68. The predicted molar refractivity (Wildman–Crippen MR) is 47.2 cm³/mol. The van der Waals surface area contributed by atoms with Crippen molar-refractivity contribution in [2.75, 3.05) is 5.73 Å². The number of anilines is 1. The largest absolute Gasteiger partial charge is 0.390 e. The lowest BCUT2D eigenvalue weighted by Gasteiger charge is -2.07. The molecule has 0 aromatic carbocycles. The van der Waals surface area contributed by atoms with Gasteiger partial charge in [0.25, 0.3) is 6.43 Å². The van der Waals surface area contributed by atoms with Crippen LogP contribution in [0.2, 0.25) is 0 Å². The number of hydrogen-bond donors (Lipinski definition) is 2. The molecule has 0 atom stereocenters. The molecule has 0 radical (unpaired) electrons. The molecule has 1 rings (SSSR count). The quantitative estimate of drug-likeness (QED) is 0.845. The number of aliphatic hydroxyl groups is 1. The topological polar surface area (TPSA) is 59.1 Å². The van der Waals surface area contributed by atoms with Crippen molar-refractivity contribution in [1.29, 1.82) is 0 Å². The van der Waals surface area contributed by atoms with Crippen LogP contribution < -0.4 is 5.73 Å². The van der Waals surface area contributed by atoms with Gasteiger partial charge < -0.3 is 10.8 Å². The van der Waals surface area contributed by atoms with Gasteiger partial charge in [-0.2, -0.15) is 0 Å². The summed E-state index contributed by atoms with van der Waals surface area (Å²) in [7, 11) is 0. The second-order valence-electron chi connectivity index (χ2n) is 2.36. The van der Waals surface area contributed by atoms with Crippen molar-refractivity contribution in [3.8, 4) is 0 Å². The van der Waals surface area contributed by atoms with E-state index >= 15 is 0 Å². The summed E-state index contributed by atoms with van der Waals surface area (Å²) < 4.78 is 24.7. The fourth-order valence-corrected chi connectivity index (χ4v) is 1.24. The minimum atomic E-state index is -2.63. The smallest absolute Gasteiger partial charge is 0.265 e. The first kappa shape index (κ1) is 10.3. The van der Waals surface area contributed by atoms with Gasteiger partial charge in [-0.25, -0.2) is 13.8 Å². The highest BCUT2D eigenvalue weighted by Crippen LogP contribution is 2.31. The Balaban J connectivity index is 3.25. The normalized spacial score (nSPS) is 10.8. The van der Waals surface area contributed by atoms with Crippen LogP contribution in [0.25, 0.3) is 0 Å². The lowest BCUT2D eigenvalue weighted by Crippen LogP contribution is -2.01. The summed E-state index contributed by atoms with van der Waals surface area (Å²) in [5.41, 5.74) is 5.21. The Morgan fingerprint density at radius 3 is 2.69 bits per heavy atom. The van der Waals surface area contributed by atoms with Crippen LogP contribution in [0.15, 0.2) is 10.5 Å². The zero-order valence-electron chi connectivity index (χ0n) is 6.47. The van der Waals surface area contributed by atoms with Gasteiger partial charge in [-0.1, -0.05) is 0 Å². The summed E-state index contributed by atoms with van der Waals surface area (Å²) in [6.45, 7) is -0.406. The minimum Gasteiger partial charge on any atom is -0.390 e. The first-order valence-corrected chi connectivity index (χ1v) is 4.19. The van der Waals surface area contributed by atoms with E-state index in [9.17, 15) is 8.78 Å². The molecular weight excluding hydrogens is 246 g/mol. The molecule has 0 unspecified atom stereocenters. The number of nitrogen functional groups attached to an aromatic ring is 1. The Kier molecular flexibility index (Phi) is 3.16. The number of halogens is 3. The van der Waals surface area contributed by atoms with Crippen LogP contribution in [-0.4, -0.2) is 10.1 Å². The number of alkyl halides is 2. The molecule has 0 bridgehead atoms. The van der Waals surface area contributed by atoms with Crippen molar-refractivity contribution < 1.29 is 13.9 Å². The highest BCUT2D eigenvalue weighted by Gasteiger charge is 2.15. The molecule has 0 saturated carbocycles. The molecule has 6 heteroatoms.